The summed E-state index contributed by atoms with van der Waals surface area (Å²) in [7, 11) is 0. The molecule has 0 aliphatic heterocycles. The van der Waals surface area contributed by atoms with E-state index in [1.807, 2.05) is 12.1 Å². The molecule has 0 radical (unpaired) electrons. The lowest BCUT2D eigenvalue weighted by Gasteiger charge is -2.11. The van der Waals surface area contributed by atoms with E-state index in [4.69, 9.17) is 0 Å². The van der Waals surface area contributed by atoms with Crippen molar-refractivity contribution < 1.29 is 4.39 Å². The summed E-state index contributed by atoms with van der Waals surface area (Å²) in [4.78, 5) is 0. The van der Waals surface area contributed by atoms with Gasteiger partial charge in [-0.05, 0) is 30.0 Å². The van der Waals surface area contributed by atoms with Crippen LogP contribution in [-0.4, -0.2) is 5.33 Å². The summed E-state index contributed by atoms with van der Waals surface area (Å²) < 4.78 is 14.2. The van der Waals surface area contributed by atoms with Gasteiger partial charge in [-0.25, -0.2) is 4.39 Å². The smallest absolute Gasteiger partial charge is 0.127 e. The molecule has 0 N–H and O–H groups in total. The molecule has 0 saturated carbocycles. The van der Waals surface area contributed by atoms with E-state index in [2.05, 4.69) is 38.8 Å². The Morgan fingerprint density at radius 3 is 2.64 bits per heavy atom. The molecule has 0 saturated heterocycles. The van der Waals surface area contributed by atoms with Gasteiger partial charge >= 0.3 is 0 Å². The Kier molecular flexibility index (Phi) is 5.10. The van der Waals surface area contributed by atoms with Gasteiger partial charge in [0.1, 0.15) is 5.82 Å². The SMILES string of the molecule is CCC(CBr)Cc1ccc(Br)cc1F. The third-order valence-electron chi connectivity index (χ3n) is 2.32. The molecule has 1 unspecified atom stereocenters. The minimum Gasteiger partial charge on any atom is -0.207 e. The standard InChI is InChI=1S/C11H13Br2F/c1-2-8(7-12)5-9-3-4-10(13)6-11(9)14/h3-4,6,8H,2,5,7H2,1H3. The average molecular weight is 324 g/mol. The summed E-state index contributed by atoms with van der Waals surface area (Å²) in [6, 6.07) is 5.26. The lowest BCUT2D eigenvalue weighted by molar-refractivity contribution is 0.540. The van der Waals surface area contributed by atoms with Crippen LogP contribution in [0.25, 0.3) is 0 Å². The molecular weight excluding hydrogens is 311 g/mol. The van der Waals surface area contributed by atoms with E-state index in [9.17, 15) is 4.39 Å². The zero-order valence-corrected chi connectivity index (χ0v) is 11.2. The fraction of sp³-hybridized carbons (Fsp3) is 0.455. The van der Waals surface area contributed by atoms with E-state index in [-0.39, 0.29) is 5.82 Å². The van der Waals surface area contributed by atoms with Crippen molar-refractivity contribution in [2.24, 2.45) is 5.92 Å². The van der Waals surface area contributed by atoms with Crippen molar-refractivity contribution in [1.29, 1.82) is 0 Å². The van der Waals surface area contributed by atoms with Crippen molar-refractivity contribution in [3.63, 3.8) is 0 Å². The van der Waals surface area contributed by atoms with Crippen LogP contribution >= 0.6 is 31.9 Å². The van der Waals surface area contributed by atoms with Crippen LogP contribution in [0.4, 0.5) is 4.39 Å². The van der Waals surface area contributed by atoms with Gasteiger partial charge in [0.2, 0.25) is 0 Å². The molecule has 3 heteroatoms. The Labute approximate surface area is 101 Å². The fourth-order valence-electron chi connectivity index (χ4n) is 1.31. The Balaban J connectivity index is 2.76. The van der Waals surface area contributed by atoms with Crippen molar-refractivity contribution in [1.82, 2.24) is 0 Å². The van der Waals surface area contributed by atoms with E-state index < -0.39 is 0 Å². The maximum absolute atomic E-state index is 13.4. The molecule has 0 aromatic heterocycles. The summed E-state index contributed by atoms with van der Waals surface area (Å²) >= 11 is 6.69. The third kappa shape index (κ3) is 3.35. The van der Waals surface area contributed by atoms with Crippen LogP contribution in [0, 0.1) is 11.7 Å². The highest BCUT2D eigenvalue weighted by molar-refractivity contribution is 9.10. The molecule has 1 rings (SSSR count). The molecule has 0 bridgehead atoms. The van der Waals surface area contributed by atoms with Crippen LogP contribution in [0.1, 0.15) is 18.9 Å². The molecule has 1 aromatic rings. The van der Waals surface area contributed by atoms with Crippen molar-refractivity contribution in [3.8, 4) is 0 Å². The normalized spacial score (nSPS) is 12.9. The first-order valence-electron chi connectivity index (χ1n) is 4.67. The summed E-state index contributed by atoms with van der Waals surface area (Å²) in [6.45, 7) is 2.13. The van der Waals surface area contributed by atoms with E-state index in [0.29, 0.717) is 5.92 Å². The Hall–Kier alpha value is 0.110. The number of halogens is 3. The number of rotatable bonds is 4. The lowest BCUT2D eigenvalue weighted by atomic mass is 9.99. The second-order valence-electron chi connectivity index (χ2n) is 3.37. The molecule has 0 heterocycles. The Morgan fingerprint density at radius 2 is 2.14 bits per heavy atom. The zero-order valence-electron chi connectivity index (χ0n) is 8.06. The van der Waals surface area contributed by atoms with Crippen LogP contribution in [0.2, 0.25) is 0 Å². The van der Waals surface area contributed by atoms with Gasteiger partial charge in [-0.1, -0.05) is 51.3 Å². The van der Waals surface area contributed by atoms with Gasteiger partial charge < -0.3 is 0 Å². The van der Waals surface area contributed by atoms with E-state index in [0.717, 1.165) is 28.2 Å². The quantitative estimate of drug-likeness (QED) is 0.713. The molecule has 0 aliphatic rings. The highest BCUT2D eigenvalue weighted by Gasteiger charge is 2.09. The van der Waals surface area contributed by atoms with Crippen LogP contribution in [-0.2, 0) is 6.42 Å². The minimum absolute atomic E-state index is 0.112. The largest absolute Gasteiger partial charge is 0.207 e. The van der Waals surface area contributed by atoms with Gasteiger partial charge in [0.15, 0.2) is 0 Å². The molecule has 0 fully saturated rings. The van der Waals surface area contributed by atoms with Gasteiger partial charge in [0, 0.05) is 9.80 Å². The topological polar surface area (TPSA) is 0 Å². The van der Waals surface area contributed by atoms with E-state index in [1.165, 1.54) is 6.07 Å². The molecule has 0 spiro atoms. The molecule has 0 aliphatic carbocycles. The monoisotopic (exact) mass is 322 g/mol. The van der Waals surface area contributed by atoms with Gasteiger partial charge in [-0.3, -0.25) is 0 Å². The highest BCUT2D eigenvalue weighted by Crippen LogP contribution is 2.20. The lowest BCUT2D eigenvalue weighted by Crippen LogP contribution is -2.06. The molecule has 0 nitrogen and oxygen atoms in total. The number of benzene rings is 1. The predicted octanol–water partition coefficient (Wildman–Crippen LogP) is 4.55. The first kappa shape index (κ1) is 12.2. The van der Waals surface area contributed by atoms with Crippen molar-refractivity contribution in [3.05, 3.63) is 34.1 Å². The Morgan fingerprint density at radius 1 is 1.43 bits per heavy atom. The third-order valence-corrected chi connectivity index (χ3v) is 3.73. The molecular formula is C11H13Br2F. The second-order valence-corrected chi connectivity index (χ2v) is 4.93. The highest BCUT2D eigenvalue weighted by atomic mass is 79.9. The first-order chi connectivity index (χ1) is 6.67. The van der Waals surface area contributed by atoms with Crippen LogP contribution < -0.4 is 0 Å². The van der Waals surface area contributed by atoms with Gasteiger partial charge in [0.25, 0.3) is 0 Å². The summed E-state index contributed by atoms with van der Waals surface area (Å²) in [6.07, 6.45) is 1.88. The van der Waals surface area contributed by atoms with Crippen molar-refractivity contribution in [2.75, 3.05) is 5.33 Å². The molecule has 0 amide bonds. The van der Waals surface area contributed by atoms with Crippen molar-refractivity contribution in [2.45, 2.75) is 19.8 Å². The summed E-state index contributed by atoms with van der Waals surface area (Å²) in [5.74, 6) is 0.407. The van der Waals surface area contributed by atoms with E-state index in [1.54, 1.807) is 0 Å². The van der Waals surface area contributed by atoms with E-state index >= 15 is 0 Å². The Bertz CT molecular complexity index is 295. The van der Waals surface area contributed by atoms with Gasteiger partial charge in [-0.15, -0.1) is 0 Å². The molecule has 1 atom stereocenters. The van der Waals surface area contributed by atoms with Crippen LogP contribution in [0.15, 0.2) is 22.7 Å². The maximum atomic E-state index is 13.4. The fourth-order valence-corrected chi connectivity index (χ4v) is 2.33. The van der Waals surface area contributed by atoms with Crippen LogP contribution in [0.5, 0.6) is 0 Å². The number of alkyl halides is 1. The predicted molar refractivity (Wildman–Crippen MR) is 65.4 cm³/mol. The van der Waals surface area contributed by atoms with Gasteiger partial charge in [-0.2, -0.15) is 0 Å². The van der Waals surface area contributed by atoms with Gasteiger partial charge in [0.05, 0.1) is 0 Å². The number of hydrogen-bond donors (Lipinski definition) is 0. The van der Waals surface area contributed by atoms with Crippen molar-refractivity contribution >= 4 is 31.9 Å². The molecule has 14 heavy (non-hydrogen) atoms. The molecule has 1 aromatic carbocycles. The first-order valence-corrected chi connectivity index (χ1v) is 6.58. The second kappa shape index (κ2) is 5.86. The molecule has 78 valence electrons. The number of hydrogen-bond acceptors (Lipinski definition) is 0. The zero-order chi connectivity index (χ0) is 10.6. The average Bonchev–Trinajstić information content (AvgIpc) is 2.17. The van der Waals surface area contributed by atoms with Crippen LogP contribution in [0.3, 0.4) is 0 Å². The minimum atomic E-state index is -0.112. The summed E-state index contributed by atoms with van der Waals surface area (Å²) in [5, 5.41) is 0.930. The summed E-state index contributed by atoms with van der Waals surface area (Å²) in [5.41, 5.74) is 0.805. The maximum Gasteiger partial charge on any atom is 0.127 e.